The number of nitrogens with two attached hydrogens (primary N) is 1. The van der Waals surface area contributed by atoms with Gasteiger partial charge in [-0.2, -0.15) is 24.9 Å². The van der Waals surface area contributed by atoms with Gasteiger partial charge in [0.05, 0.1) is 75.9 Å². The number of hydrazone groups is 1. The van der Waals surface area contributed by atoms with Crippen molar-refractivity contribution in [2.75, 3.05) is 61.0 Å². The molecule has 0 radical (unpaired) electrons. The van der Waals surface area contributed by atoms with E-state index in [1.807, 2.05) is 236 Å². The first kappa shape index (κ1) is 117. The summed E-state index contributed by atoms with van der Waals surface area (Å²) < 4.78 is 67.2. The predicted octanol–water partition coefficient (Wildman–Crippen LogP) is 19.7. The Hall–Kier alpha value is -13.0. The highest BCUT2D eigenvalue weighted by molar-refractivity contribution is 6.06. The maximum absolute atomic E-state index is 12.4. The molecule has 0 saturated heterocycles. The number of ether oxygens (including phenoxy) is 11. The van der Waals surface area contributed by atoms with Crippen LogP contribution in [0, 0.1) is 0 Å². The maximum Gasteiger partial charge on any atom is 0.410 e. The number of fused-ring (bicyclic) bond motifs is 5. The van der Waals surface area contributed by atoms with E-state index in [4.69, 9.17) is 82.7 Å². The van der Waals surface area contributed by atoms with Gasteiger partial charge in [-0.25, -0.2) is 33.6 Å². The van der Waals surface area contributed by atoms with Crippen molar-refractivity contribution in [2.24, 2.45) is 10.8 Å². The molecule has 31 nitrogen and oxygen atoms in total. The number of halogens is 1. The third-order valence-electron chi connectivity index (χ3n) is 21.8. The highest BCUT2D eigenvalue weighted by Gasteiger charge is 2.34. The molecular formula is C109H150ClN11O20. The summed E-state index contributed by atoms with van der Waals surface area (Å²) in [6, 6.07) is 64.4. The Morgan fingerprint density at radius 1 is 0.440 bits per heavy atom. The number of ketones is 1. The molecule has 6 aliphatic heterocycles. The van der Waals surface area contributed by atoms with Gasteiger partial charge in [0, 0.05) is 46.7 Å². The van der Waals surface area contributed by atoms with E-state index in [0.29, 0.717) is 82.5 Å². The molecule has 9 aromatic rings. The Labute approximate surface area is 839 Å². The fourth-order valence-electron chi connectivity index (χ4n) is 15.2. The molecule has 6 aliphatic rings. The summed E-state index contributed by atoms with van der Waals surface area (Å²) in [4.78, 5) is 94.0. The lowest BCUT2D eigenvalue weighted by Crippen LogP contribution is -2.37. The van der Waals surface area contributed by atoms with Gasteiger partial charge in [-0.15, -0.1) is 12.4 Å². The number of hydrogen-bond acceptors (Lipinski definition) is 24. The molecule has 5 unspecified atom stereocenters. The molecular weight excluding hydrogens is 1820 g/mol. The fourth-order valence-corrected chi connectivity index (χ4v) is 15.2. The minimum absolute atomic E-state index is 0. The molecule has 141 heavy (non-hydrogen) atoms. The van der Waals surface area contributed by atoms with Gasteiger partial charge in [0.2, 0.25) is 17.7 Å². The molecule has 0 aliphatic carbocycles. The second-order valence-electron chi connectivity index (χ2n) is 38.6. The summed E-state index contributed by atoms with van der Waals surface area (Å²) >= 11 is 0. The van der Waals surface area contributed by atoms with Crippen molar-refractivity contribution in [3.63, 3.8) is 0 Å². The molecule has 5 amide bonds. The van der Waals surface area contributed by atoms with Crippen LogP contribution in [0.15, 0.2) is 199 Å². The van der Waals surface area contributed by atoms with Gasteiger partial charge < -0.3 is 82.5 Å². The van der Waals surface area contributed by atoms with Crippen LogP contribution in [0.2, 0.25) is 0 Å². The number of carbonyl (C=O) groups is 6. The number of aromatic nitrogens is 4. The van der Waals surface area contributed by atoms with Crippen molar-refractivity contribution in [1.29, 1.82) is 0 Å². The Bertz CT molecular complexity index is 5250. The minimum atomic E-state index is -0.556. The normalized spacial score (nSPS) is 16.0. The lowest BCUT2D eigenvalue weighted by atomic mass is 10.0. The van der Waals surface area contributed by atoms with Crippen molar-refractivity contribution >= 4 is 60.3 Å². The minimum Gasteiger partial charge on any atom is -0.490 e. The van der Waals surface area contributed by atoms with E-state index in [1.54, 1.807) is 49.0 Å². The SMILES string of the molecule is C.C.CCCC(=O)CN(C)C(=O)OC(C)(C)C.CN(CC1=NN(CC2CCc3ccccc3O2)C(=O)C1)C(=O)OC(C)(C)C.CN(Cc1cc(OCc2ccccc2)n(CC2CCc3ccccc3O2)n1)C(=O)OC(C)(C)C.CN(Cc1cc(OCc2ccccc2)n(CC2CCc3ccccc3O2)n1)C(=O)OC(C)(C)C.Cl.NCCC1CCc2ccccc2O1.O=C=O.OCC1CCc2ccccc2O1. The van der Waals surface area contributed by atoms with Gasteiger partial charge in [-0.3, -0.25) is 9.59 Å². The first-order chi connectivity index (χ1) is 65.7. The molecule has 8 heterocycles. The molecule has 0 bridgehead atoms. The topological polar surface area (TPSA) is 349 Å². The number of aliphatic hydroxyl groups is 1. The highest BCUT2D eigenvalue weighted by Crippen LogP contribution is 2.35. The summed E-state index contributed by atoms with van der Waals surface area (Å²) in [6.45, 7) is 28.2. The largest absolute Gasteiger partial charge is 0.490 e. The van der Waals surface area contributed by atoms with Crippen molar-refractivity contribution in [3.8, 4) is 40.5 Å². The van der Waals surface area contributed by atoms with E-state index in [0.717, 1.165) is 128 Å². The molecule has 0 spiro atoms. The summed E-state index contributed by atoms with van der Waals surface area (Å²) in [5, 5.41) is 24.3. The Morgan fingerprint density at radius 2 is 0.738 bits per heavy atom. The molecule has 32 heteroatoms. The Balaban J connectivity index is 0.000000267. The lowest BCUT2D eigenvalue weighted by molar-refractivity contribution is -0.191. The molecule has 768 valence electrons. The average molecular weight is 1970 g/mol. The molecule has 2 aromatic heterocycles. The van der Waals surface area contributed by atoms with E-state index >= 15 is 0 Å². The van der Waals surface area contributed by atoms with Crippen LogP contribution in [-0.4, -0.2) is 211 Å². The third-order valence-corrected chi connectivity index (χ3v) is 21.8. The standard InChI is InChI=1S/2C27H33N3O4.C20H27N3O4.C11H21NO3.C11H15NO.C10H12O2.CO2.2CH4.ClH/c2*1-27(2,3)34-26(31)29(4)17-22-16-25(32-19-20-10-6-5-7-11-20)30(28-22)18-23-15-14-21-12-8-9-13-24(21)33-23;1-20(2,3)27-19(25)22(4)12-15-11-18(24)23(21-15)13-16-10-9-14-7-5-6-8-17(14)26-16;1-6-7-9(13)8-12(5)10(14)15-11(2,3)4;12-8-7-10-6-5-9-3-1-2-4-11(9)13-10;11-7-9-6-5-8-3-1-2-4-10(8)12-9;2-1-3;;;/h2*5-13,16,23H,14-15,17-19H2,1-4H3;5-8,16H,9-13H2,1-4H3;6-8H2,1-5H3;1-4,10H,5-8,12H2;1-4,9,11H,5-7H2;;2*1H4;1H. The first-order valence-electron chi connectivity index (χ1n) is 47.4. The zero-order valence-corrected chi connectivity index (χ0v) is 84.5. The second-order valence-corrected chi connectivity index (χ2v) is 38.6. The zero-order chi connectivity index (χ0) is 100. The van der Waals surface area contributed by atoms with E-state index < -0.39 is 34.6 Å². The van der Waals surface area contributed by atoms with Crippen LogP contribution >= 0.6 is 12.4 Å². The number of amides is 5. The van der Waals surface area contributed by atoms with Crippen molar-refractivity contribution in [3.05, 3.63) is 244 Å². The van der Waals surface area contributed by atoms with Crippen LogP contribution in [0.3, 0.4) is 0 Å². The summed E-state index contributed by atoms with van der Waals surface area (Å²) in [5.41, 5.74) is 13.8. The first-order valence-corrected chi connectivity index (χ1v) is 47.4. The van der Waals surface area contributed by atoms with Crippen LogP contribution in [-0.2, 0) is 110 Å². The molecule has 0 saturated carbocycles. The number of aryl methyl sites for hydroxylation is 5. The van der Waals surface area contributed by atoms with E-state index in [1.165, 1.54) is 52.4 Å². The molecule has 0 fully saturated rings. The predicted molar refractivity (Wildman–Crippen MR) is 545 cm³/mol. The smallest absolute Gasteiger partial charge is 0.410 e. The average Bonchev–Trinajstić information content (AvgIpc) is 1.72. The number of aliphatic hydroxyl groups excluding tert-OH is 1. The van der Waals surface area contributed by atoms with Gasteiger partial charge >= 0.3 is 30.5 Å². The van der Waals surface area contributed by atoms with Gasteiger partial charge in [0.1, 0.15) is 94.9 Å². The Kier molecular flexibility index (Phi) is 47.3. The van der Waals surface area contributed by atoms with Gasteiger partial charge in [0.15, 0.2) is 5.78 Å². The number of para-hydroxylation sites is 5. The van der Waals surface area contributed by atoms with Crippen molar-refractivity contribution < 1.29 is 95.6 Å². The van der Waals surface area contributed by atoms with E-state index in [9.17, 15) is 28.8 Å². The molecule has 3 N–H and O–H groups in total. The number of hydrogen-bond donors (Lipinski definition) is 2. The number of nitrogens with zero attached hydrogens (tertiary/aromatic N) is 10. The van der Waals surface area contributed by atoms with Crippen molar-refractivity contribution in [1.82, 2.24) is 44.2 Å². The fraction of sp³-hybridized carbons (Fsp3) is 0.486. The van der Waals surface area contributed by atoms with Crippen LogP contribution in [0.4, 0.5) is 19.2 Å². The molecule has 7 aromatic carbocycles. The molecule has 15 rings (SSSR count). The number of carbonyl (C=O) groups excluding carboxylic acids is 8. The van der Waals surface area contributed by atoms with Crippen LogP contribution in [0.5, 0.6) is 40.5 Å². The number of benzene rings is 7. The zero-order valence-electron chi connectivity index (χ0n) is 83.7. The van der Waals surface area contributed by atoms with Gasteiger partial charge in [-0.1, -0.05) is 173 Å². The van der Waals surface area contributed by atoms with Gasteiger partial charge in [-0.05, 0) is 236 Å². The van der Waals surface area contributed by atoms with Crippen LogP contribution in [0.25, 0.3) is 0 Å². The quantitative estimate of drug-likeness (QED) is 0.0502. The monoisotopic (exact) mass is 1970 g/mol. The number of likely N-dealkylation sites (N-methyl/N-ethyl adjacent to an activating group) is 1. The van der Waals surface area contributed by atoms with Crippen molar-refractivity contribution in [2.45, 2.75) is 287 Å². The highest BCUT2D eigenvalue weighted by atomic mass is 35.5. The third kappa shape index (κ3) is 40.7. The van der Waals surface area contributed by atoms with Crippen LogP contribution in [0.1, 0.15) is 213 Å². The summed E-state index contributed by atoms with van der Waals surface area (Å²) in [6.07, 6.45) is 11.0. The van der Waals surface area contributed by atoms with E-state index in [-0.39, 0.29) is 108 Å². The lowest BCUT2D eigenvalue weighted by Gasteiger charge is -2.28. The van der Waals surface area contributed by atoms with E-state index in [2.05, 4.69) is 41.5 Å². The number of Topliss-reactive ketones (excluding diaryl/α,β-unsaturated/α-hetero) is 1. The maximum atomic E-state index is 12.4. The van der Waals surface area contributed by atoms with Gasteiger partial charge in [0.25, 0.3) is 0 Å². The second kappa shape index (κ2) is 57.1. The summed E-state index contributed by atoms with van der Waals surface area (Å²) in [7, 11) is 6.63. The molecule has 5 atom stereocenters. The van der Waals surface area contributed by atoms with Crippen LogP contribution < -0.4 is 38.9 Å². The number of rotatable bonds is 25. The summed E-state index contributed by atoms with van der Waals surface area (Å²) in [5.74, 6) is 6.03. The Morgan fingerprint density at radius 3 is 1.07 bits per heavy atom.